The van der Waals surface area contributed by atoms with Crippen molar-refractivity contribution < 1.29 is 0 Å². The molecule has 0 aliphatic heterocycles. The van der Waals surface area contributed by atoms with Crippen LogP contribution >= 0.6 is 0 Å². The Kier molecular flexibility index (Phi) is 3.42. The van der Waals surface area contributed by atoms with Crippen LogP contribution in [0.5, 0.6) is 0 Å². The molecule has 0 spiro atoms. The lowest BCUT2D eigenvalue weighted by molar-refractivity contribution is 1.32. The average Bonchev–Trinajstić information content (AvgIpc) is 3.29. The molecule has 0 heteroatoms. The van der Waals surface area contributed by atoms with E-state index in [1.807, 2.05) is 0 Å². The van der Waals surface area contributed by atoms with Gasteiger partial charge in [-0.25, -0.2) is 0 Å². The Hall–Kier alpha value is -3.90. The summed E-state index contributed by atoms with van der Waals surface area (Å²) in [5, 5.41) is 10.6. The average molecular weight is 393 g/mol. The second-order valence-corrected chi connectivity index (χ2v) is 8.57. The van der Waals surface area contributed by atoms with E-state index in [0.717, 1.165) is 6.42 Å². The first-order valence-corrected chi connectivity index (χ1v) is 10.9. The van der Waals surface area contributed by atoms with Gasteiger partial charge in [0, 0.05) is 0 Å². The van der Waals surface area contributed by atoms with Crippen LogP contribution in [-0.2, 0) is 6.42 Å². The van der Waals surface area contributed by atoms with Crippen molar-refractivity contribution in [3.05, 3.63) is 114 Å². The fourth-order valence-corrected chi connectivity index (χ4v) is 5.27. The van der Waals surface area contributed by atoms with Crippen LogP contribution < -0.4 is 0 Å². The summed E-state index contributed by atoms with van der Waals surface area (Å²) in [6.45, 7) is 0. The molecule has 144 valence electrons. The van der Waals surface area contributed by atoms with Crippen LogP contribution in [0.1, 0.15) is 11.1 Å². The van der Waals surface area contributed by atoms with Crippen molar-refractivity contribution in [2.24, 2.45) is 0 Å². The van der Waals surface area contributed by atoms with Gasteiger partial charge >= 0.3 is 0 Å². The number of rotatable bonds is 1. The number of fused-ring (bicyclic) bond motifs is 8. The first-order valence-electron chi connectivity index (χ1n) is 10.9. The van der Waals surface area contributed by atoms with Crippen LogP contribution in [0.2, 0.25) is 0 Å². The molecular weight excluding hydrogens is 372 g/mol. The number of hydrogen-bond acceptors (Lipinski definition) is 0. The van der Waals surface area contributed by atoms with Crippen LogP contribution in [0.3, 0.4) is 0 Å². The largest absolute Gasteiger partial charge is 0.0795 e. The third kappa shape index (κ3) is 2.49. The maximum atomic E-state index is 2.37. The van der Waals surface area contributed by atoms with E-state index in [1.54, 1.807) is 0 Å². The zero-order valence-corrected chi connectivity index (χ0v) is 17.1. The lowest BCUT2D eigenvalue weighted by Crippen LogP contribution is -1.86. The highest BCUT2D eigenvalue weighted by molar-refractivity contribution is 6.25. The fraction of sp³-hybridized carbons (Fsp3) is 0.0323. The molecule has 1 aliphatic rings. The minimum atomic E-state index is 1.05. The summed E-state index contributed by atoms with van der Waals surface area (Å²) in [6, 6.07) is 36.0. The van der Waals surface area contributed by atoms with E-state index in [-0.39, 0.29) is 0 Å². The second-order valence-electron chi connectivity index (χ2n) is 8.57. The third-order valence-electron chi connectivity index (χ3n) is 6.81. The molecule has 0 radical (unpaired) electrons. The van der Waals surface area contributed by atoms with Gasteiger partial charge < -0.3 is 0 Å². The third-order valence-corrected chi connectivity index (χ3v) is 6.81. The summed E-state index contributed by atoms with van der Waals surface area (Å²) in [6.07, 6.45) is 5.55. The summed E-state index contributed by atoms with van der Waals surface area (Å²) >= 11 is 0. The molecular formula is C31H20. The molecule has 0 atom stereocenters. The van der Waals surface area contributed by atoms with Gasteiger partial charge in [-0.2, -0.15) is 0 Å². The van der Waals surface area contributed by atoms with Crippen molar-refractivity contribution in [2.75, 3.05) is 0 Å². The van der Waals surface area contributed by atoms with Crippen LogP contribution in [0.25, 0.3) is 60.3 Å². The van der Waals surface area contributed by atoms with E-state index in [4.69, 9.17) is 0 Å². The summed E-state index contributed by atoms with van der Waals surface area (Å²) in [7, 11) is 0. The SMILES string of the molecule is C1=Cc2cc3cc(-c4ccc5c6ccccc6c6ccccc6c5c4)ccc3cc2C1. The van der Waals surface area contributed by atoms with Crippen LogP contribution in [0, 0.1) is 0 Å². The van der Waals surface area contributed by atoms with E-state index in [1.165, 1.54) is 65.3 Å². The van der Waals surface area contributed by atoms with Gasteiger partial charge in [-0.1, -0.05) is 91.0 Å². The Labute approximate surface area is 181 Å². The van der Waals surface area contributed by atoms with E-state index in [0.29, 0.717) is 0 Å². The predicted octanol–water partition coefficient (Wildman–Crippen LogP) is 8.54. The Balaban J connectivity index is 1.50. The normalized spacial score (nSPS) is 12.9. The molecule has 6 aromatic rings. The summed E-state index contributed by atoms with van der Waals surface area (Å²) in [5.41, 5.74) is 5.34. The maximum Gasteiger partial charge on any atom is -0.00880 e. The lowest BCUT2D eigenvalue weighted by atomic mass is 9.91. The van der Waals surface area contributed by atoms with Crippen molar-refractivity contribution in [3.63, 3.8) is 0 Å². The van der Waals surface area contributed by atoms with Gasteiger partial charge in [-0.15, -0.1) is 0 Å². The lowest BCUT2D eigenvalue weighted by Gasteiger charge is -2.12. The predicted molar refractivity (Wildman–Crippen MR) is 135 cm³/mol. The number of allylic oxidation sites excluding steroid dienone is 1. The quantitative estimate of drug-likeness (QED) is 0.246. The van der Waals surface area contributed by atoms with Crippen molar-refractivity contribution in [1.29, 1.82) is 0 Å². The first-order chi connectivity index (χ1) is 15.3. The number of hydrogen-bond donors (Lipinski definition) is 0. The minimum Gasteiger partial charge on any atom is -0.0795 e. The molecule has 7 rings (SSSR count). The second kappa shape index (κ2) is 6.30. The van der Waals surface area contributed by atoms with Gasteiger partial charge in [0.25, 0.3) is 0 Å². The summed E-state index contributed by atoms with van der Waals surface area (Å²) < 4.78 is 0. The van der Waals surface area contributed by atoms with Crippen LogP contribution in [-0.4, -0.2) is 0 Å². The molecule has 0 aromatic heterocycles. The maximum absolute atomic E-state index is 2.37. The van der Waals surface area contributed by atoms with E-state index in [2.05, 4.69) is 109 Å². The van der Waals surface area contributed by atoms with E-state index < -0.39 is 0 Å². The van der Waals surface area contributed by atoms with Gasteiger partial charge in [0.2, 0.25) is 0 Å². The molecule has 0 fully saturated rings. The molecule has 0 nitrogen and oxygen atoms in total. The van der Waals surface area contributed by atoms with E-state index >= 15 is 0 Å². The molecule has 0 amide bonds. The molecule has 0 bridgehead atoms. The Morgan fingerprint density at radius 1 is 0.452 bits per heavy atom. The van der Waals surface area contributed by atoms with Crippen molar-refractivity contribution in [3.8, 4) is 11.1 Å². The Bertz CT molecular complexity index is 1660. The van der Waals surface area contributed by atoms with Crippen molar-refractivity contribution in [2.45, 2.75) is 6.42 Å². The molecule has 1 aliphatic carbocycles. The van der Waals surface area contributed by atoms with Gasteiger partial charge in [-0.05, 0) is 90.0 Å². The molecule has 0 saturated carbocycles. The Morgan fingerprint density at radius 3 is 1.81 bits per heavy atom. The van der Waals surface area contributed by atoms with Gasteiger partial charge in [0.15, 0.2) is 0 Å². The Morgan fingerprint density at radius 2 is 1.06 bits per heavy atom. The van der Waals surface area contributed by atoms with Gasteiger partial charge in [0.05, 0.1) is 0 Å². The first kappa shape index (κ1) is 16.8. The minimum absolute atomic E-state index is 1.05. The summed E-state index contributed by atoms with van der Waals surface area (Å²) in [4.78, 5) is 0. The standard InChI is InChI=1S/C31H20/c1-2-10-28-26(8-1)27-9-3-4-11-29(27)31-19-24(14-15-30(28)31)22-12-13-23-16-20-6-5-7-21(20)17-25(23)18-22/h1-5,7-19H,6H2. The van der Waals surface area contributed by atoms with Crippen LogP contribution in [0.15, 0.2) is 103 Å². The topological polar surface area (TPSA) is 0 Å². The summed E-state index contributed by atoms with van der Waals surface area (Å²) in [5.74, 6) is 0. The zero-order chi connectivity index (χ0) is 20.4. The molecule has 0 N–H and O–H groups in total. The zero-order valence-electron chi connectivity index (χ0n) is 17.1. The van der Waals surface area contributed by atoms with Crippen molar-refractivity contribution in [1.82, 2.24) is 0 Å². The van der Waals surface area contributed by atoms with Gasteiger partial charge in [0.1, 0.15) is 0 Å². The smallest absolute Gasteiger partial charge is 0.00880 e. The van der Waals surface area contributed by atoms with Gasteiger partial charge in [-0.3, -0.25) is 0 Å². The highest BCUT2D eigenvalue weighted by Gasteiger charge is 2.11. The molecule has 6 aromatic carbocycles. The molecule has 31 heavy (non-hydrogen) atoms. The van der Waals surface area contributed by atoms with Crippen molar-refractivity contribution >= 4 is 49.2 Å². The van der Waals surface area contributed by atoms with Crippen LogP contribution in [0.4, 0.5) is 0 Å². The van der Waals surface area contributed by atoms with E-state index in [9.17, 15) is 0 Å². The highest BCUT2D eigenvalue weighted by Crippen LogP contribution is 2.37. The molecule has 0 heterocycles. The monoisotopic (exact) mass is 392 g/mol. The molecule has 0 saturated heterocycles. The number of benzene rings is 6. The highest BCUT2D eigenvalue weighted by atomic mass is 14.1. The molecule has 0 unspecified atom stereocenters. The fourth-order valence-electron chi connectivity index (χ4n) is 5.27.